The molecule has 0 spiro atoms. The second kappa shape index (κ2) is 6.73. The Hall–Kier alpha value is -0.100. The molecular formula is C13H17BrINO. The zero-order valence-corrected chi connectivity index (χ0v) is 14.0. The first-order valence-corrected chi connectivity index (χ1v) is 7.53. The van der Waals surface area contributed by atoms with Gasteiger partial charge in [-0.25, -0.2) is 0 Å². The van der Waals surface area contributed by atoms with Crippen molar-refractivity contribution >= 4 is 44.4 Å². The molecule has 4 heteroatoms. The van der Waals surface area contributed by atoms with Crippen LogP contribution in [0.15, 0.2) is 22.7 Å². The van der Waals surface area contributed by atoms with E-state index in [2.05, 4.69) is 57.7 Å². The van der Waals surface area contributed by atoms with E-state index in [4.69, 9.17) is 0 Å². The van der Waals surface area contributed by atoms with Gasteiger partial charge in [-0.15, -0.1) is 0 Å². The van der Waals surface area contributed by atoms with E-state index in [1.807, 2.05) is 25.1 Å². The smallest absolute Gasteiger partial charge is 0.252 e. The molecule has 2 nitrogen and oxygen atoms in total. The van der Waals surface area contributed by atoms with Crippen LogP contribution in [0.5, 0.6) is 0 Å². The van der Waals surface area contributed by atoms with E-state index >= 15 is 0 Å². The van der Waals surface area contributed by atoms with Gasteiger partial charge >= 0.3 is 0 Å². The second-order valence-corrected chi connectivity index (χ2v) is 6.71. The molecule has 0 bridgehead atoms. The van der Waals surface area contributed by atoms with Crippen LogP contribution in [0.2, 0.25) is 0 Å². The molecule has 0 aliphatic heterocycles. The van der Waals surface area contributed by atoms with E-state index < -0.39 is 0 Å². The minimum atomic E-state index is 0.00356. The van der Waals surface area contributed by atoms with E-state index in [0.29, 0.717) is 5.92 Å². The van der Waals surface area contributed by atoms with Gasteiger partial charge in [0.2, 0.25) is 0 Å². The van der Waals surface area contributed by atoms with E-state index in [1.54, 1.807) is 0 Å². The first-order chi connectivity index (χ1) is 7.90. The van der Waals surface area contributed by atoms with Crippen molar-refractivity contribution in [1.82, 2.24) is 5.32 Å². The molecule has 1 aromatic carbocycles. The van der Waals surface area contributed by atoms with Crippen molar-refractivity contribution in [2.45, 2.75) is 33.2 Å². The maximum atomic E-state index is 12.1. The lowest BCUT2D eigenvalue weighted by atomic mass is 10.0. The number of rotatable bonds is 4. The molecule has 0 aromatic heterocycles. The first-order valence-electron chi connectivity index (χ1n) is 5.66. The summed E-state index contributed by atoms with van der Waals surface area (Å²) >= 11 is 5.57. The average Bonchev–Trinajstić information content (AvgIpc) is 2.20. The Bertz CT molecular complexity index is 406. The fourth-order valence-corrected chi connectivity index (χ4v) is 2.68. The lowest BCUT2D eigenvalue weighted by Crippen LogP contribution is -2.33. The summed E-state index contributed by atoms with van der Waals surface area (Å²) in [6.45, 7) is 6.36. The van der Waals surface area contributed by atoms with Crippen molar-refractivity contribution < 1.29 is 4.79 Å². The molecule has 1 aromatic rings. The highest BCUT2D eigenvalue weighted by molar-refractivity contribution is 14.1. The number of hydrogen-bond acceptors (Lipinski definition) is 1. The monoisotopic (exact) mass is 409 g/mol. The Kier molecular flexibility index (Phi) is 5.92. The Morgan fingerprint density at radius 3 is 2.65 bits per heavy atom. The number of halogens is 2. The summed E-state index contributed by atoms with van der Waals surface area (Å²) in [4.78, 5) is 12.1. The molecule has 0 heterocycles. The summed E-state index contributed by atoms with van der Waals surface area (Å²) in [5.41, 5.74) is 0.732. The zero-order valence-electron chi connectivity index (χ0n) is 10.3. The molecule has 1 rings (SSSR count). The highest BCUT2D eigenvalue weighted by Gasteiger charge is 2.13. The molecule has 0 radical (unpaired) electrons. The van der Waals surface area contributed by atoms with Gasteiger partial charge in [-0.05, 0) is 60.1 Å². The summed E-state index contributed by atoms with van der Waals surface area (Å²) < 4.78 is 1.90. The molecule has 0 aliphatic rings. The Morgan fingerprint density at radius 2 is 2.06 bits per heavy atom. The maximum absolute atomic E-state index is 12.1. The molecule has 1 amide bonds. The van der Waals surface area contributed by atoms with Gasteiger partial charge < -0.3 is 5.32 Å². The number of carbonyl (C=O) groups excluding carboxylic acids is 1. The zero-order chi connectivity index (χ0) is 13.0. The van der Waals surface area contributed by atoms with Gasteiger partial charge in [0.05, 0.1) is 5.56 Å². The van der Waals surface area contributed by atoms with E-state index in [0.717, 1.165) is 20.0 Å². The SMILES string of the molecule is CC(C)CC(C)NC(=O)c1cc(Br)ccc1I. The molecule has 1 atom stereocenters. The highest BCUT2D eigenvalue weighted by atomic mass is 127. The van der Waals surface area contributed by atoms with Crippen LogP contribution in [-0.4, -0.2) is 11.9 Å². The maximum Gasteiger partial charge on any atom is 0.252 e. The summed E-state index contributed by atoms with van der Waals surface area (Å²) in [6, 6.07) is 5.94. The van der Waals surface area contributed by atoms with Crippen LogP contribution in [0, 0.1) is 9.49 Å². The molecule has 17 heavy (non-hydrogen) atoms. The predicted molar refractivity (Wildman–Crippen MR) is 83.2 cm³/mol. The standard InChI is InChI=1S/C13H17BrINO/c1-8(2)6-9(3)16-13(17)11-7-10(14)4-5-12(11)15/h4-5,7-9H,6H2,1-3H3,(H,16,17). The van der Waals surface area contributed by atoms with Gasteiger partial charge in [-0.2, -0.15) is 0 Å². The highest BCUT2D eigenvalue weighted by Crippen LogP contribution is 2.18. The number of amides is 1. The van der Waals surface area contributed by atoms with Crippen molar-refractivity contribution in [1.29, 1.82) is 0 Å². The van der Waals surface area contributed by atoms with Gasteiger partial charge in [0.15, 0.2) is 0 Å². The van der Waals surface area contributed by atoms with Gasteiger partial charge in [0.1, 0.15) is 0 Å². The fraction of sp³-hybridized carbons (Fsp3) is 0.462. The number of hydrogen-bond donors (Lipinski definition) is 1. The van der Waals surface area contributed by atoms with Crippen molar-refractivity contribution in [3.63, 3.8) is 0 Å². The van der Waals surface area contributed by atoms with Gasteiger partial charge in [-0.1, -0.05) is 29.8 Å². The minimum absolute atomic E-state index is 0.00356. The molecule has 1 N–H and O–H groups in total. The third-order valence-electron chi connectivity index (χ3n) is 2.38. The number of benzene rings is 1. The normalized spacial score (nSPS) is 12.6. The van der Waals surface area contributed by atoms with Gasteiger partial charge in [0, 0.05) is 14.1 Å². The lowest BCUT2D eigenvalue weighted by Gasteiger charge is -2.16. The van der Waals surface area contributed by atoms with Crippen molar-refractivity contribution in [3.8, 4) is 0 Å². The number of nitrogens with one attached hydrogen (secondary N) is 1. The van der Waals surface area contributed by atoms with Crippen molar-refractivity contribution in [2.75, 3.05) is 0 Å². The van der Waals surface area contributed by atoms with Gasteiger partial charge in [0.25, 0.3) is 5.91 Å². The molecule has 0 fully saturated rings. The molecule has 0 saturated carbocycles. The van der Waals surface area contributed by atoms with Crippen LogP contribution in [0.1, 0.15) is 37.6 Å². The average molecular weight is 410 g/mol. The van der Waals surface area contributed by atoms with Crippen LogP contribution in [0.25, 0.3) is 0 Å². The molecular weight excluding hydrogens is 393 g/mol. The molecule has 94 valence electrons. The summed E-state index contributed by atoms with van der Waals surface area (Å²) in [5.74, 6) is 0.593. The third kappa shape index (κ3) is 4.95. The van der Waals surface area contributed by atoms with Crippen molar-refractivity contribution in [3.05, 3.63) is 31.8 Å². The van der Waals surface area contributed by atoms with Crippen LogP contribution in [0.3, 0.4) is 0 Å². The Balaban J connectivity index is 2.73. The van der Waals surface area contributed by atoms with E-state index in [9.17, 15) is 4.79 Å². The summed E-state index contributed by atoms with van der Waals surface area (Å²) in [5, 5.41) is 3.03. The topological polar surface area (TPSA) is 29.1 Å². The number of carbonyl (C=O) groups is 1. The third-order valence-corrected chi connectivity index (χ3v) is 3.81. The van der Waals surface area contributed by atoms with Crippen LogP contribution in [-0.2, 0) is 0 Å². The first kappa shape index (κ1) is 15.0. The van der Waals surface area contributed by atoms with Crippen LogP contribution >= 0.6 is 38.5 Å². The van der Waals surface area contributed by atoms with Crippen LogP contribution < -0.4 is 5.32 Å². The molecule has 0 aliphatic carbocycles. The Labute approximate surface area is 125 Å². The van der Waals surface area contributed by atoms with E-state index in [1.165, 1.54) is 0 Å². The predicted octanol–water partition coefficient (Wildman–Crippen LogP) is 4.22. The van der Waals surface area contributed by atoms with Gasteiger partial charge in [-0.3, -0.25) is 4.79 Å². The second-order valence-electron chi connectivity index (χ2n) is 4.63. The van der Waals surface area contributed by atoms with E-state index in [-0.39, 0.29) is 11.9 Å². The minimum Gasteiger partial charge on any atom is -0.350 e. The largest absolute Gasteiger partial charge is 0.350 e. The molecule has 0 saturated heterocycles. The summed E-state index contributed by atoms with van der Waals surface area (Å²) in [6.07, 6.45) is 0.996. The van der Waals surface area contributed by atoms with Crippen molar-refractivity contribution in [2.24, 2.45) is 5.92 Å². The lowest BCUT2D eigenvalue weighted by molar-refractivity contribution is 0.0935. The molecule has 1 unspecified atom stereocenters. The summed E-state index contributed by atoms with van der Waals surface area (Å²) in [7, 11) is 0. The Morgan fingerprint density at radius 1 is 1.41 bits per heavy atom. The van der Waals surface area contributed by atoms with Crippen LogP contribution in [0.4, 0.5) is 0 Å². The quantitative estimate of drug-likeness (QED) is 0.741. The fourth-order valence-electron chi connectivity index (χ4n) is 1.74.